The maximum atomic E-state index is 13.5. The number of amides is 2. The quantitative estimate of drug-likeness (QED) is 0.570. The zero-order valence-electron chi connectivity index (χ0n) is 16.6. The van der Waals surface area contributed by atoms with Gasteiger partial charge in [0.15, 0.2) is 6.10 Å². The van der Waals surface area contributed by atoms with Crippen molar-refractivity contribution in [2.75, 3.05) is 17.1 Å². The number of fused-ring (bicyclic) bond motifs is 1. The van der Waals surface area contributed by atoms with Gasteiger partial charge in [-0.15, -0.1) is 0 Å². The third-order valence-corrected chi connectivity index (χ3v) is 5.88. The second-order valence-corrected chi connectivity index (χ2v) is 7.86. The molecule has 6 nitrogen and oxygen atoms in total. The predicted molar refractivity (Wildman–Crippen MR) is 117 cm³/mol. The van der Waals surface area contributed by atoms with Crippen LogP contribution in [0.15, 0.2) is 78.9 Å². The summed E-state index contributed by atoms with van der Waals surface area (Å²) in [7, 11) is 1.60. The van der Waals surface area contributed by atoms with E-state index < -0.39 is 24.0 Å². The summed E-state index contributed by atoms with van der Waals surface area (Å²) in [5, 5.41) is 2.12. The van der Waals surface area contributed by atoms with Gasteiger partial charge in [-0.05, 0) is 48.0 Å². The molecule has 5 rings (SSSR count). The predicted octanol–water partition coefficient (Wildman–Crippen LogP) is 4.40. The molecule has 0 aliphatic carbocycles. The fraction of sp³-hybridized carbons (Fsp3) is 0.167. The van der Waals surface area contributed by atoms with E-state index in [1.807, 2.05) is 54.6 Å². The normalized spacial score (nSPS) is 22.7. The summed E-state index contributed by atoms with van der Waals surface area (Å²) in [6.45, 7) is 0. The summed E-state index contributed by atoms with van der Waals surface area (Å²) >= 11 is 6.10. The van der Waals surface area contributed by atoms with Gasteiger partial charge in [0, 0.05) is 5.02 Å². The Hall–Kier alpha value is -3.35. The molecule has 2 aliphatic heterocycles. The molecule has 2 amide bonds. The first-order valence-electron chi connectivity index (χ1n) is 9.87. The van der Waals surface area contributed by atoms with Crippen LogP contribution in [0, 0.1) is 5.92 Å². The van der Waals surface area contributed by atoms with Crippen LogP contribution < -0.4 is 14.7 Å². The molecule has 31 heavy (non-hydrogen) atoms. The fourth-order valence-corrected chi connectivity index (χ4v) is 4.41. The third kappa shape index (κ3) is 3.24. The molecule has 0 bridgehead atoms. The topological polar surface area (TPSA) is 59.1 Å². The van der Waals surface area contributed by atoms with Crippen LogP contribution in [0.3, 0.4) is 0 Å². The molecule has 0 saturated carbocycles. The number of carbonyl (C=O) groups excluding carboxylic acids is 2. The number of hydrogen-bond acceptors (Lipinski definition) is 5. The van der Waals surface area contributed by atoms with Crippen molar-refractivity contribution in [1.82, 2.24) is 0 Å². The second kappa shape index (κ2) is 7.72. The molecular weight excluding hydrogens is 416 g/mol. The molecule has 0 radical (unpaired) electrons. The molecule has 2 heterocycles. The van der Waals surface area contributed by atoms with E-state index in [9.17, 15) is 9.59 Å². The number of hydroxylamine groups is 1. The molecule has 7 heteroatoms. The van der Waals surface area contributed by atoms with Crippen LogP contribution in [0.25, 0.3) is 0 Å². The lowest BCUT2D eigenvalue weighted by atomic mass is 9.90. The Kier molecular flexibility index (Phi) is 4.88. The summed E-state index contributed by atoms with van der Waals surface area (Å²) in [5.74, 6) is -0.689. The van der Waals surface area contributed by atoms with Crippen LogP contribution in [0.4, 0.5) is 11.4 Å². The summed E-state index contributed by atoms with van der Waals surface area (Å²) in [6, 6.07) is 23.2. The van der Waals surface area contributed by atoms with Crippen molar-refractivity contribution in [2.45, 2.75) is 12.1 Å². The van der Waals surface area contributed by atoms with E-state index in [4.69, 9.17) is 21.2 Å². The van der Waals surface area contributed by atoms with Gasteiger partial charge in [0.2, 0.25) is 5.91 Å². The van der Waals surface area contributed by atoms with Crippen LogP contribution in [-0.4, -0.2) is 25.0 Å². The number of carbonyl (C=O) groups is 2. The molecule has 2 fully saturated rings. The Labute approximate surface area is 184 Å². The van der Waals surface area contributed by atoms with Crippen molar-refractivity contribution in [1.29, 1.82) is 0 Å². The summed E-state index contributed by atoms with van der Waals surface area (Å²) in [4.78, 5) is 34.1. The lowest BCUT2D eigenvalue weighted by molar-refractivity contribution is -0.126. The average Bonchev–Trinajstić information content (AvgIpc) is 3.30. The summed E-state index contributed by atoms with van der Waals surface area (Å²) in [5.41, 5.74) is 2.07. The van der Waals surface area contributed by atoms with Gasteiger partial charge in [-0.2, -0.15) is 0 Å². The molecule has 156 valence electrons. The number of imide groups is 1. The van der Waals surface area contributed by atoms with Crippen LogP contribution in [0.2, 0.25) is 5.02 Å². The molecule has 0 spiro atoms. The molecule has 0 aromatic heterocycles. The van der Waals surface area contributed by atoms with Crippen LogP contribution in [-0.2, 0) is 14.4 Å². The number of halogens is 1. The largest absolute Gasteiger partial charge is 0.497 e. The fourth-order valence-electron chi connectivity index (χ4n) is 4.22. The van der Waals surface area contributed by atoms with Gasteiger partial charge in [-0.25, -0.2) is 9.96 Å². The van der Waals surface area contributed by atoms with Gasteiger partial charge in [0.05, 0.1) is 24.5 Å². The number of ether oxygens (including phenoxy) is 1. The van der Waals surface area contributed by atoms with E-state index in [0.29, 0.717) is 16.5 Å². The van der Waals surface area contributed by atoms with E-state index in [-0.39, 0.29) is 5.91 Å². The molecule has 0 unspecified atom stereocenters. The van der Waals surface area contributed by atoms with Gasteiger partial charge in [0.25, 0.3) is 5.91 Å². The highest BCUT2D eigenvalue weighted by atomic mass is 35.5. The van der Waals surface area contributed by atoms with Gasteiger partial charge in [-0.1, -0.05) is 48.0 Å². The van der Waals surface area contributed by atoms with Crippen molar-refractivity contribution < 1.29 is 19.2 Å². The maximum absolute atomic E-state index is 13.5. The number of rotatable bonds is 4. The van der Waals surface area contributed by atoms with Crippen LogP contribution in [0.5, 0.6) is 5.75 Å². The first-order valence-corrected chi connectivity index (χ1v) is 10.2. The Morgan fingerprint density at radius 2 is 1.58 bits per heavy atom. The smallest absolute Gasteiger partial charge is 0.266 e. The lowest BCUT2D eigenvalue weighted by Crippen LogP contribution is -2.37. The average molecular weight is 435 g/mol. The SMILES string of the molecule is COc1ccc([C@H]2[C@@H]3C(=O)N(c4cccc(Cl)c4)C(=O)[C@H]3ON2c2ccccc2)cc1. The zero-order valence-corrected chi connectivity index (χ0v) is 17.4. The van der Waals surface area contributed by atoms with E-state index in [1.54, 1.807) is 36.4 Å². The van der Waals surface area contributed by atoms with Gasteiger partial charge < -0.3 is 4.74 Å². The van der Waals surface area contributed by atoms with Crippen LogP contribution >= 0.6 is 11.6 Å². The highest BCUT2D eigenvalue weighted by molar-refractivity contribution is 6.31. The van der Waals surface area contributed by atoms with E-state index in [0.717, 1.165) is 11.3 Å². The van der Waals surface area contributed by atoms with Crippen molar-refractivity contribution in [3.8, 4) is 5.75 Å². The highest BCUT2D eigenvalue weighted by Gasteiger charge is 2.60. The van der Waals surface area contributed by atoms with Crippen molar-refractivity contribution >= 4 is 34.8 Å². The molecule has 3 atom stereocenters. The Morgan fingerprint density at radius 1 is 0.871 bits per heavy atom. The molecule has 2 aliphatic rings. The minimum absolute atomic E-state index is 0.309. The Bertz CT molecular complexity index is 1140. The van der Waals surface area contributed by atoms with Gasteiger partial charge >= 0.3 is 0 Å². The maximum Gasteiger partial charge on any atom is 0.266 e. The van der Waals surface area contributed by atoms with E-state index >= 15 is 0 Å². The Balaban J connectivity index is 1.58. The number of methoxy groups -OCH3 is 1. The minimum atomic E-state index is -0.918. The van der Waals surface area contributed by atoms with Crippen LogP contribution in [0.1, 0.15) is 11.6 Å². The van der Waals surface area contributed by atoms with Crippen molar-refractivity contribution in [2.24, 2.45) is 5.92 Å². The number of hydrogen-bond donors (Lipinski definition) is 0. The monoisotopic (exact) mass is 434 g/mol. The highest BCUT2D eigenvalue weighted by Crippen LogP contribution is 2.47. The first-order chi connectivity index (χ1) is 15.1. The molecule has 0 N–H and O–H groups in total. The molecular formula is C24H19ClN2O4. The van der Waals surface area contributed by atoms with Gasteiger partial charge in [-0.3, -0.25) is 14.4 Å². The standard InChI is InChI=1S/C24H19ClN2O4/c1-30-19-12-10-15(11-13-19)21-20-22(31-27(21)17-7-3-2-4-8-17)24(29)26(23(20)28)18-9-5-6-16(25)14-18/h2-14,20-22H,1H3/t20-,21-,22-/m0/s1. The molecule has 3 aromatic rings. The third-order valence-electron chi connectivity index (χ3n) is 5.65. The summed E-state index contributed by atoms with van der Waals surface area (Å²) in [6.07, 6.45) is -0.918. The molecule has 2 saturated heterocycles. The van der Waals surface area contributed by atoms with Crippen molar-refractivity contribution in [3.63, 3.8) is 0 Å². The number of nitrogens with zero attached hydrogens (tertiary/aromatic N) is 2. The number of anilines is 2. The summed E-state index contributed by atoms with van der Waals surface area (Å²) < 4.78 is 5.27. The van der Waals surface area contributed by atoms with Crippen molar-refractivity contribution in [3.05, 3.63) is 89.4 Å². The number of para-hydroxylation sites is 1. The lowest BCUT2D eigenvalue weighted by Gasteiger charge is -2.28. The van der Waals surface area contributed by atoms with E-state index in [2.05, 4.69) is 0 Å². The number of benzene rings is 3. The van der Waals surface area contributed by atoms with E-state index in [1.165, 1.54) is 4.90 Å². The second-order valence-electron chi connectivity index (χ2n) is 7.42. The van der Waals surface area contributed by atoms with Gasteiger partial charge in [0.1, 0.15) is 11.7 Å². The minimum Gasteiger partial charge on any atom is -0.497 e. The zero-order chi connectivity index (χ0) is 21.5. The Morgan fingerprint density at radius 3 is 2.26 bits per heavy atom. The molecule has 3 aromatic carbocycles. The first kappa shape index (κ1) is 19.6.